The standard InChI is InChI=1S/C19H23N5O/c1-25-19-9-7-17(8-10-19)24-12-11-23(15-18(24)13-21-22-20)14-16-5-3-2-4-6-16/h2-10,18H,11-15H2,1H3. The van der Waals surface area contributed by atoms with Crippen molar-refractivity contribution in [2.45, 2.75) is 12.6 Å². The molecule has 25 heavy (non-hydrogen) atoms. The molecule has 6 nitrogen and oxygen atoms in total. The van der Waals surface area contributed by atoms with Crippen molar-refractivity contribution in [1.29, 1.82) is 0 Å². The van der Waals surface area contributed by atoms with Gasteiger partial charge in [0.15, 0.2) is 0 Å². The molecule has 0 radical (unpaired) electrons. The van der Waals surface area contributed by atoms with Gasteiger partial charge in [0.2, 0.25) is 0 Å². The fourth-order valence-corrected chi connectivity index (χ4v) is 3.31. The minimum absolute atomic E-state index is 0.168. The van der Waals surface area contributed by atoms with E-state index < -0.39 is 0 Å². The predicted octanol–water partition coefficient (Wildman–Crippen LogP) is 3.70. The van der Waals surface area contributed by atoms with Crippen LogP contribution in [0.5, 0.6) is 5.75 Å². The number of nitrogens with zero attached hydrogens (tertiary/aromatic N) is 5. The van der Waals surface area contributed by atoms with Crippen molar-refractivity contribution >= 4 is 5.69 Å². The first-order chi connectivity index (χ1) is 12.3. The Labute approximate surface area is 148 Å². The van der Waals surface area contributed by atoms with Crippen LogP contribution in [-0.4, -0.2) is 44.2 Å². The van der Waals surface area contributed by atoms with Crippen LogP contribution in [0.1, 0.15) is 5.56 Å². The number of hydrogen-bond acceptors (Lipinski definition) is 4. The maximum absolute atomic E-state index is 8.73. The SMILES string of the molecule is COc1ccc(N2CCN(Cc3ccccc3)CC2CN=[N+]=[N-])cc1. The normalized spacial score (nSPS) is 17.8. The van der Waals surface area contributed by atoms with Crippen molar-refractivity contribution in [3.8, 4) is 5.75 Å². The lowest BCUT2D eigenvalue weighted by Crippen LogP contribution is -2.54. The second kappa shape index (κ2) is 8.42. The molecule has 0 bridgehead atoms. The quantitative estimate of drug-likeness (QED) is 0.459. The second-order valence-electron chi connectivity index (χ2n) is 6.18. The Balaban J connectivity index is 1.72. The average molecular weight is 337 g/mol. The average Bonchev–Trinajstić information content (AvgIpc) is 2.67. The van der Waals surface area contributed by atoms with E-state index in [0.717, 1.165) is 37.6 Å². The van der Waals surface area contributed by atoms with Crippen LogP contribution in [0.3, 0.4) is 0 Å². The number of azide groups is 1. The van der Waals surface area contributed by atoms with Crippen LogP contribution in [0, 0.1) is 0 Å². The third kappa shape index (κ3) is 4.44. The van der Waals surface area contributed by atoms with Crippen LogP contribution in [0.4, 0.5) is 5.69 Å². The van der Waals surface area contributed by atoms with E-state index in [4.69, 9.17) is 10.3 Å². The molecule has 130 valence electrons. The molecule has 1 atom stereocenters. The highest BCUT2D eigenvalue weighted by atomic mass is 16.5. The van der Waals surface area contributed by atoms with Gasteiger partial charge in [0.25, 0.3) is 0 Å². The summed E-state index contributed by atoms with van der Waals surface area (Å²) in [7, 11) is 1.67. The molecule has 6 heteroatoms. The number of rotatable bonds is 6. The molecule has 0 saturated carbocycles. The predicted molar refractivity (Wildman–Crippen MR) is 99.9 cm³/mol. The molecule has 1 heterocycles. The molecule has 3 rings (SSSR count). The third-order valence-corrected chi connectivity index (χ3v) is 4.58. The lowest BCUT2D eigenvalue weighted by Gasteiger charge is -2.42. The van der Waals surface area contributed by atoms with E-state index in [0.29, 0.717) is 6.54 Å². The summed E-state index contributed by atoms with van der Waals surface area (Å²) in [6, 6.07) is 18.7. The highest BCUT2D eigenvalue weighted by Crippen LogP contribution is 2.24. The molecule has 0 N–H and O–H groups in total. The number of ether oxygens (including phenoxy) is 1. The van der Waals surface area contributed by atoms with Gasteiger partial charge in [0.05, 0.1) is 7.11 Å². The third-order valence-electron chi connectivity index (χ3n) is 4.58. The number of hydrogen-bond donors (Lipinski definition) is 0. The molecule has 1 saturated heterocycles. The van der Waals surface area contributed by atoms with Crippen molar-refractivity contribution in [3.05, 3.63) is 70.6 Å². The minimum Gasteiger partial charge on any atom is -0.497 e. The summed E-state index contributed by atoms with van der Waals surface area (Å²) in [4.78, 5) is 7.71. The Hall–Kier alpha value is -2.69. The van der Waals surface area contributed by atoms with Crippen LogP contribution in [0.25, 0.3) is 10.4 Å². The molecular weight excluding hydrogens is 314 g/mol. The van der Waals surface area contributed by atoms with Gasteiger partial charge in [0, 0.05) is 49.4 Å². The Kier molecular flexibility index (Phi) is 5.77. The topological polar surface area (TPSA) is 64.5 Å². The Morgan fingerprint density at radius 2 is 1.88 bits per heavy atom. The van der Waals surface area contributed by atoms with E-state index in [-0.39, 0.29) is 6.04 Å². The number of anilines is 1. The molecule has 1 aliphatic heterocycles. The Morgan fingerprint density at radius 1 is 1.12 bits per heavy atom. The summed E-state index contributed by atoms with van der Waals surface area (Å²) in [6.45, 7) is 4.15. The van der Waals surface area contributed by atoms with Gasteiger partial charge in [-0.1, -0.05) is 35.4 Å². The first-order valence-corrected chi connectivity index (χ1v) is 8.48. The van der Waals surface area contributed by atoms with Crippen LogP contribution in [-0.2, 0) is 6.54 Å². The van der Waals surface area contributed by atoms with Gasteiger partial charge >= 0.3 is 0 Å². The van der Waals surface area contributed by atoms with Crippen molar-refractivity contribution < 1.29 is 4.74 Å². The van der Waals surface area contributed by atoms with Crippen molar-refractivity contribution in [3.63, 3.8) is 0 Å². The highest BCUT2D eigenvalue weighted by molar-refractivity contribution is 5.50. The van der Waals surface area contributed by atoms with Crippen LogP contribution in [0.2, 0.25) is 0 Å². The van der Waals surface area contributed by atoms with Gasteiger partial charge in [-0.15, -0.1) is 0 Å². The van der Waals surface area contributed by atoms with Crippen LogP contribution in [0.15, 0.2) is 59.7 Å². The molecular formula is C19H23N5O. The fraction of sp³-hybridized carbons (Fsp3) is 0.368. The molecule has 2 aromatic carbocycles. The fourth-order valence-electron chi connectivity index (χ4n) is 3.31. The van der Waals surface area contributed by atoms with Crippen LogP contribution >= 0.6 is 0 Å². The molecule has 0 spiro atoms. The number of piperazine rings is 1. The lowest BCUT2D eigenvalue weighted by atomic mass is 10.1. The molecule has 1 unspecified atom stereocenters. The summed E-state index contributed by atoms with van der Waals surface area (Å²) >= 11 is 0. The molecule has 2 aromatic rings. The molecule has 0 aliphatic carbocycles. The van der Waals surface area contributed by atoms with Crippen molar-refractivity contribution in [2.24, 2.45) is 5.11 Å². The van der Waals surface area contributed by atoms with Crippen molar-refractivity contribution in [1.82, 2.24) is 4.90 Å². The zero-order valence-corrected chi connectivity index (χ0v) is 14.5. The van der Waals surface area contributed by atoms with Gasteiger partial charge in [-0.2, -0.15) is 0 Å². The summed E-state index contributed by atoms with van der Waals surface area (Å²) in [5, 5.41) is 3.83. The summed E-state index contributed by atoms with van der Waals surface area (Å²) in [6.07, 6.45) is 0. The van der Waals surface area contributed by atoms with E-state index >= 15 is 0 Å². The monoisotopic (exact) mass is 337 g/mol. The zero-order chi connectivity index (χ0) is 17.5. The second-order valence-corrected chi connectivity index (χ2v) is 6.18. The van der Waals surface area contributed by atoms with E-state index in [2.05, 4.69) is 56.2 Å². The van der Waals surface area contributed by atoms with Gasteiger partial charge < -0.3 is 9.64 Å². The van der Waals surface area contributed by atoms with E-state index in [1.54, 1.807) is 7.11 Å². The first kappa shape index (κ1) is 17.1. The molecule has 0 amide bonds. The van der Waals surface area contributed by atoms with Gasteiger partial charge in [-0.25, -0.2) is 0 Å². The van der Waals surface area contributed by atoms with E-state index in [9.17, 15) is 0 Å². The van der Waals surface area contributed by atoms with Gasteiger partial charge in [0.1, 0.15) is 5.75 Å². The molecule has 1 aliphatic rings. The van der Waals surface area contributed by atoms with E-state index in [1.165, 1.54) is 5.56 Å². The minimum atomic E-state index is 0.168. The zero-order valence-electron chi connectivity index (χ0n) is 14.5. The molecule has 0 aromatic heterocycles. The summed E-state index contributed by atoms with van der Waals surface area (Å²) in [5.41, 5.74) is 11.2. The van der Waals surface area contributed by atoms with Gasteiger partial charge in [-0.3, -0.25) is 4.90 Å². The summed E-state index contributed by atoms with van der Waals surface area (Å²) < 4.78 is 5.24. The molecule has 1 fully saturated rings. The highest BCUT2D eigenvalue weighted by Gasteiger charge is 2.26. The summed E-state index contributed by atoms with van der Waals surface area (Å²) in [5.74, 6) is 0.845. The van der Waals surface area contributed by atoms with Gasteiger partial charge in [-0.05, 0) is 35.4 Å². The lowest BCUT2D eigenvalue weighted by molar-refractivity contribution is 0.217. The van der Waals surface area contributed by atoms with Crippen LogP contribution < -0.4 is 9.64 Å². The Bertz CT molecular complexity index is 712. The largest absolute Gasteiger partial charge is 0.497 e. The van der Waals surface area contributed by atoms with Crippen molar-refractivity contribution in [2.75, 3.05) is 38.2 Å². The number of methoxy groups -OCH3 is 1. The smallest absolute Gasteiger partial charge is 0.119 e. The maximum atomic E-state index is 8.73. The number of benzene rings is 2. The Morgan fingerprint density at radius 3 is 2.56 bits per heavy atom. The van der Waals surface area contributed by atoms with E-state index in [1.807, 2.05) is 18.2 Å². The maximum Gasteiger partial charge on any atom is 0.119 e. The first-order valence-electron chi connectivity index (χ1n) is 8.48.